The van der Waals surface area contributed by atoms with Crippen LogP contribution in [-0.2, 0) is 4.18 Å². The maximum Gasteiger partial charge on any atom is 0.270 e. The minimum Gasteiger partial charge on any atom is -0.364 e. The maximum absolute atomic E-state index is 11.8. The van der Waals surface area contributed by atoms with Gasteiger partial charge in [0.15, 0.2) is 11.5 Å². The molecular weight excluding hydrogens is 436 g/mol. The summed E-state index contributed by atoms with van der Waals surface area (Å²) in [5, 5.41) is 9.51. The zero-order valence-electron chi connectivity index (χ0n) is 13.2. The van der Waals surface area contributed by atoms with E-state index in [1.165, 1.54) is 23.4 Å². The number of fused-ring (bicyclic) bond motifs is 1. The number of nitrogens with two attached hydrogens (primary N) is 1. The van der Waals surface area contributed by atoms with Gasteiger partial charge in [-0.15, -0.1) is 21.5 Å². The lowest BCUT2D eigenvalue weighted by Crippen LogP contribution is -2.13. The minimum atomic E-state index is -0.610. The molecule has 26 heavy (non-hydrogen) atoms. The van der Waals surface area contributed by atoms with Crippen LogP contribution in [0.1, 0.15) is 10.5 Å². The number of halogens is 1. The summed E-state index contributed by atoms with van der Waals surface area (Å²) >= 11 is 6.06. The quantitative estimate of drug-likeness (QED) is 0.598. The van der Waals surface area contributed by atoms with Gasteiger partial charge in [0, 0.05) is 26.8 Å². The Morgan fingerprint density at radius 2 is 2.08 bits per heavy atom. The Bertz CT molecular complexity index is 1060. The zero-order chi connectivity index (χ0) is 18.1. The smallest absolute Gasteiger partial charge is 0.270 e. The molecule has 0 fully saturated rings. The van der Waals surface area contributed by atoms with Gasteiger partial charge in [-0.3, -0.25) is 4.79 Å². The van der Waals surface area contributed by atoms with Crippen LogP contribution in [-0.4, -0.2) is 27.8 Å². The van der Waals surface area contributed by atoms with Crippen LogP contribution in [0.25, 0.3) is 20.5 Å². The summed E-state index contributed by atoms with van der Waals surface area (Å²) in [6.07, 6.45) is 3.74. The van der Waals surface area contributed by atoms with Crippen molar-refractivity contribution in [2.45, 2.75) is 0 Å². The Morgan fingerprint density at radius 3 is 2.77 bits per heavy atom. The third-order valence-corrected chi connectivity index (χ3v) is 5.95. The van der Waals surface area contributed by atoms with Crippen molar-refractivity contribution in [2.24, 2.45) is 10.7 Å². The van der Waals surface area contributed by atoms with Gasteiger partial charge in [0.2, 0.25) is 0 Å². The predicted molar refractivity (Wildman–Crippen MR) is 109 cm³/mol. The summed E-state index contributed by atoms with van der Waals surface area (Å²) in [4.78, 5) is 17.2. The van der Waals surface area contributed by atoms with Crippen molar-refractivity contribution in [3.8, 4) is 10.4 Å². The third kappa shape index (κ3) is 3.43. The number of aliphatic imine (C=N–C) groups is 1. The van der Waals surface area contributed by atoms with Gasteiger partial charge in [-0.05, 0) is 29.8 Å². The van der Waals surface area contributed by atoms with Crippen molar-refractivity contribution in [3.63, 3.8) is 0 Å². The molecule has 0 radical (unpaired) electrons. The molecule has 1 aromatic carbocycles. The first-order chi connectivity index (χ1) is 12.6. The maximum atomic E-state index is 11.8. The van der Waals surface area contributed by atoms with Crippen LogP contribution in [0.5, 0.6) is 0 Å². The van der Waals surface area contributed by atoms with Crippen molar-refractivity contribution < 1.29 is 8.98 Å². The average Bonchev–Trinajstić information content (AvgIpc) is 3.09. The second-order valence-electron chi connectivity index (χ2n) is 5.32. The highest BCUT2D eigenvalue weighted by Crippen LogP contribution is 2.39. The molecule has 130 valence electrons. The lowest BCUT2D eigenvalue weighted by Gasteiger charge is -2.05. The summed E-state index contributed by atoms with van der Waals surface area (Å²) in [5.41, 5.74) is 6.65. The first-order valence-corrected chi connectivity index (χ1v) is 9.87. The monoisotopic (exact) mass is 446 g/mol. The fourth-order valence-corrected chi connectivity index (χ4v) is 4.36. The van der Waals surface area contributed by atoms with E-state index in [4.69, 9.17) is 9.92 Å². The van der Waals surface area contributed by atoms with Crippen LogP contribution < -0.4 is 5.73 Å². The third-order valence-electron chi connectivity index (χ3n) is 3.58. The summed E-state index contributed by atoms with van der Waals surface area (Å²) in [7, 11) is 0. The predicted octanol–water partition coefficient (Wildman–Crippen LogP) is 4.48. The number of carbonyl (C=O) groups is 1. The lowest BCUT2D eigenvalue weighted by atomic mass is 10.1. The summed E-state index contributed by atoms with van der Waals surface area (Å²) in [5.74, 6) is -0.177. The van der Waals surface area contributed by atoms with E-state index in [2.05, 4.69) is 31.1 Å². The van der Waals surface area contributed by atoms with Crippen molar-refractivity contribution in [1.82, 2.24) is 10.2 Å². The number of primary amides is 1. The fourth-order valence-electron chi connectivity index (χ4n) is 2.40. The Balaban J connectivity index is 1.89. The molecule has 3 heterocycles. The number of hydrogen-bond donors (Lipinski definition) is 1. The largest absolute Gasteiger partial charge is 0.364 e. The summed E-state index contributed by atoms with van der Waals surface area (Å²) in [6, 6.07) is 9.89. The second-order valence-corrected chi connectivity index (χ2v) is 8.11. The number of carbonyl (C=O) groups excluding carboxylic acids is 1. The molecule has 4 rings (SSSR count). The highest BCUT2D eigenvalue weighted by atomic mass is 79.9. The number of aromatic nitrogens is 2. The molecule has 0 saturated heterocycles. The first-order valence-electron chi connectivity index (χ1n) is 7.52. The van der Waals surface area contributed by atoms with Crippen molar-refractivity contribution in [1.29, 1.82) is 0 Å². The highest BCUT2D eigenvalue weighted by Gasteiger charge is 2.18. The second kappa shape index (κ2) is 7.28. The van der Waals surface area contributed by atoms with E-state index in [0.29, 0.717) is 22.2 Å². The molecule has 2 aromatic heterocycles. The topological polar surface area (TPSA) is 90.5 Å². The molecule has 0 saturated carbocycles. The first kappa shape index (κ1) is 17.3. The number of nitrogens with zero attached hydrogens (tertiary/aromatic N) is 3. The molecule has 0 spiro atoms. The van der Waals surface area contributed by atoms with Crippen LogP contribution in [0.15, 0.2) is 51.9 Å². The molecule has 3 aromatic rings. The molecule has 2 N–H and O–H groups in total. The molecule has 0 unspecified atom stereocenters. The van der Waals surface area contributed by atoms with E-state index in [-0.39, 0.29) is 5.69 Å². The van der Waals surface area contributed by atoms with Gasteiger partial charge in [-0.2, -0.15) is 0 Å². The van der Waals surface area contributed by atoms with E-state index in [1.54, 1.807) is 0 Å². The molecule has 0 bridgehead atoms. The van der Waals surface area contributed by atoms with E-state index < -0.39 is 5.91 Å². The molecule has 6 nitrogen and oxygen atoms in total. The summed E-state index contributed by atoms with van der Waals surface area (Å²) < 4.78 is 6.96. The van der Waals surface area contributed by atoms with Crippen LogP contribution >= 0.6 is 39.3 Å². The Hall–Kier alpha value is -2.07. The molecule has 9 heteroatoms. The molecular formula is C17H11BrN4O2S2. The van der Waals surface area contributed by atoms with E-state index >= 15 is 0 Å². The number of rotatable bonds is 3. The standard InChI is InChI=1S/C17H11BrN4O2S2/c18-10-5-3-9(4-6-10)12-8-11-15(25-12)14(16(19)23)21-22-17(11)20-13-2-1-7-24-26-13/h1-6,8H,7H2,(H2,19,23). The zero-order valence-corrected chi connectivity index (χ0v) is 16.4. The number of benzene rings is 1. The number of amides is 1. The van der Waals surface area contributed by atoms with Crippen LogP contribution in [0.2, 0.25) is 0 Å². The number of thiophene rings is 1. The molecule has 1 amide bonds. The Labute approximate surface area is 165 Å². The van der Waals surface area contributed by atoms with Crippen molar-refractivity contribution in [3.05, 3.63) is 52.7 Å². The van der Waals surface area contributed by atoms with Gasteiger partial charge in [-0.1, -0.05) is 34.1 Å². The SMILES string of the molecule is NC(=O)c1nnc(N=C2C=CCOS2)c2cc(-c3ccc(Br)cc3)sc12. The van der Waals surface area contributed by atoms with E-state index in [1.807, 2.05) is 42.5 Å². The van der Waals surface area contributed by atoms with Gasteiger partial charge >= 0.3 is 0 Å². The number of hydrogen-bond acceptors (Lipinski definition) is 7. The van der Waals surface area contributed by atoms with Crippen molar-refractivity contribution >= 4 is 66.2 Å². The molecule has 0 atom stereocenters. The summed E-state index contributed by atoms with van der Waals surface area (Å²) in [6.45, 7) is 0.539. The van der Waals surface area contributed by atoms with Gasteiger partial charge in [0.1, 0.15) is 5.04 Å². The van der Waals surface area contributed by atoms with Gasteiger partial charge in [0.05, 0.1) is 11.3 Å². The highest BCUT2D eigenvalue weighted by molar-refractivity contribution is 9.10. The van der Waals surface area contributed by atoms with Gasteiger partial charge < -0.3 is 9.92 Å². The normalized spacial score (nSPS) is 15.7. The van der Waals surface area contributed by atoms with Crippen LogP contribution in [0.4, 0.5) is 5.82 Å². The van der Waals surface area contributed by atoms with Crippen LogP contribution in [0.3, 0.4) is 0 Å². The molecule has 1 aliphatic heterocycles. The van der Waals surface area contributed by atoms with Gasteiger partial charge in [0.25, 0.3) is 5.91 Å². The van der Waals surface area contributed by atoms with E-state index in [0.717, 1.165) is 20.3 Å². The average molecular weight is 447 g/mol. The van der Waals surface area contributed by atoms with Gasteiger partial charge in [-0.25, -0.2) is 4.99 Å². The van der Waals surface area contributed by atoms with E-state index in [9.17, 15) is 4.79 Å². The fraction of sp³-hybridized carbons (Fsp3) is 0.0588. The van der Waals surface area contributed by atoms with Crippen molar-refractivity contribution in [2.75, 3.05) is 6.61 Å². The molecule has 0 aliphatic carbocycles. The Kier molecular flexibility index (Phi) is 4.86. The Morgan fingerprint density at radius 1 is 1.27 bits per heavy atom. The molecule has 1 aliphatic rings. The lowest BCUT2D eigenvalue weighted by molar-refractivity contribution is 0.0996. The van der Waals surface area contributed by atoms with Crippen LogP contribution in [0, 0.1) is 0 Å². The minimum absolute atomic E-state index is 0.153.